The van der Waals surface area contributed by atoms with E-state index >= 15 is 0 Å². The summed E-state index contributed by atoms with van der Waals surface area (Å²) >= 11 is 8.49. The standard InChI is InChI=1S/C9H8BrN3S/c1-6-4-7(10)5-12-8(6)13-3-2-11-9(13)14/h2-5H,1H3,(H,11,14). The molecule has 0 atom stereocenters. The second-order valence-corrected chi connectivity index (χ2v) is 4.23. The van der Waals surface area contributed by atoms with E-state index in [2.05, 4.69) is 25.9 Å². The minimum atomic E-state index is 0.655. The summed E-state index contributed by atoms with van der Waals surface area (Å²) < 4.78 is 3.47. The van der Waals surface area contributed by atoms with Gasteiger partial charge in [-0.2, -0.15) is 0 Å². The first-order chi connectivity index (χ1) is 6.68. The zero-order valence-corrected chi connectivity index (χ0v) is 9.89. The summed E-state index contributed by atoms with van der Waals surface area (Å²) in [4.78, 5) is 7.25. The summed E-state index contributed by atoms with van der Waals surface area (Å²) in [5, 5.41) is 0. The lowest BCUT2D eigenvalue weighted by Gasteiger charge is -2.04. The smallest absolute Gasteiger partial charge is 0.182 e. The molecule has 14 heavy (non-hydrogen) atoms. The molecule has 5 heteroatoms. The van der Waals surface area contributed by atoms with Crippen molar-refractivity contribution in [3.05, 3.63) is 39.5 Å². The molecule has 0 spiro atoms. The lowest BCUT2D eigenvalue weighted by atomic mass is 10.3. The number of aromatic amines is 1. The molecule has 0 fully saturated rings. The highest BCUT2D eigenvalue weighted by Crippen LogP contribution is 2.16. The van der Waals surface area contributed by atoms with E-state index in [0.717, 1.165) is 15.9 Å². The Morgan fingerprint density at radius 1 is 1.57 bits per heavy atom. The van der Waals surface area contributed by atoms with Gasteiger partial charge in [0, 0.05) is 23.1 Å². The van der Waals surface area contributed by atoms with Gasteiger partial charge in [-0.15, -0.1) is 0 Å². The first-order valence-electron chi connectivity index (χ1n) is 4.07. The third kappa shape index (κ3) is 1.65. The topological polar surface area (TPSA) is 33.6 Å². The number of nitrogens with one attached hydrogen (secondary N) is 1. The first-order valence-corrected chi connectivity index (χ1v) is 5.27. The highest BCUT2D eigenvalue weighted by Gasteiger charge is 2.03. The number of hydrogen-bond donors (Lipinski definition) is 1. The number of nitrogens with zero attached hydrogens (tertiary/aromatic N) is 2. The normalized spacial score (nSPS) is 10.4. The molecular formula is C9H8BrN3S. The number of aryl methyl sites for hydroxylation is 1. The number of halogens is 1. The van der Waals surface area contributed by atoms with Crippen molar-refractivity contribution >= 4 is 28.1 Å². The van der Waals surface area contributed by atoms with Crippen molar-refractivity contribution < 1.29 is 0 Å². The second kappa shape index (κ2) is 3.67. The predicted octanol–water partition coefficient (Wildman–Crippen LogP) is 3.00. The zero-order valence-electron chi connectivity index (χ0n) is 7.49. The summed E-state index contributed by atoms with van der Waals surface area (Å²) in [5.74, 6) is 0.861. The molecule has 1 N–H and O–H groups in total. The monoisotopic (exact) mass is 269 g/mol. The Morgan fingerprint density at radius 2 is 2.36 bits per heavy atom. The molecule has 2 rings (SSSR count). The average Bonchev–Trinajstić information content (AvgIpc) is 2.52. The molecule has 2 aromatic rings. The molecule has 2 aromatic heterocycles. The van der Waals surface area contributed by atoms with E-state index in [9.17, 15) is 0 Å². The minimum absolute atomic E-state index is 0.655. The van der Waals surface area contributed by atoms with E-state index in [0.29, 0.717) is 4.77 Å². The van der Waals surface area contributed by atoms with E-state index in [-0.39, 0.29) is 0 Å². The van der Waals surface area contributed by atoms with Gasteiger partial charge in [-0.05, 0) is 46.7 Å². The summed E-state index contributed by atoms with van der Waals surface area (Å²) in [5.41, 5.74) is 1.08. The van der Waals surface area contributed by atoms with Crippen LogP contribution in [0.3, 0.4) is 0 Å². The molecule has 2 heterocycles. The first kappa shape index (κ1) is 9.61. The van der Waals surface area contributed by atoms with Gasteiger partial charge in [0.25, 0.3) is 0 Å². The third-order valence-corrected chi connectivity index (χ3v) is 2.64. The van der Waals surface area contributed by atoms with Crippen LogP contribution in [0, 0.1) is 11.7 Å². The van der Waals surface area contributed by atoms with Crippen LogP contribution in [0.4, 0.5) is 0 Å². The van der Waals surface area contributed by atoms with Gasteiger partial charge in [-0.3, -0.25) is 4.57 Å². The Kier molecular flexibility index (Phi) is 2.52. The molecule has 0 unspecified atom stereocenters. The Balaban J connectivity index is 2.63. The third-order valence-electron chi connectivity index (χ3n) is 1.89. The Bertz CT molecular complexity index is 515. The molecule has 0 amide bonds. The fourth-order valence-electron chi connectivity index (χ4n) is 1.27. The van der Waals surface area contributed by atoms with Crippen molar-refractivity contribution in [2.24, 2.45) is 0 Å². The molecule has 0 saturated heterocycles. The zero-order chi connectivity index (χ0) is 10.1. The lowest BCUT2D eigenvalue weighted by molar-refractivity contribution is 0.956. The summed E-state index contributed by atoms with van der Waals surface area (Å²) in [6.45, 7) is 2.00. The maximum atomic E-state index is 5.12. The number of H-pyrrole nitrogens is 1. The van der Waals surface area contributed by atoms with Crippen molar-refractivity contribution in [3.8, 4) is 5.82 Å². The lowest BCUT2D eigenvalue weighted by Crippen LogP contribution is -1.98. The SMILES string of the molecule is Cc1cc(Br)cnc1-n1cc[nH]c1=S. The van der Waals surface area contributed by atoms with E-state index < -0.39 is 0 Å². The minimum Gasteiger partial charge on any atom is -0.337 e. The van der Waals surface area contributed by atoms with Crippen LogP contribution in [-0.2, 0) is 0 Å². The van der Waals surface area contributed by atoms with E-state index in [1.165, 1.54) is 0 Å². The Morgan fingerprint density at radius 3 is 2.93 bits per heavy atom. The molecule has 3 nitrogen and oxygen atoms in total. The van der Waals surface area contributed by atoms with Crippen molar-refractivity contribution in [1.29, 1.82) is 0 Å². The van der Waals surface area contributed by atoms with Gasteiger partial charge in [0.2, 0.25) is 0 Å². The summed E-state index contributed by atoms with van der Waals surface area (Å²) in [6, 6.07) is 2.01. The Hall–Kier alpha value is -0.940. The van der Waals surface area contributed by atoms with Crippen molar-refractivity contribution in [2.75, 3.05) is 0 Å². The maximum absolute atomic E-state index is 5.12. The highest BCUT2D eigenvalue weighted by molar-refractivity contribution is 9.10. The number of imidazole rings is 1. The second-order valence-electron chi connectivity index (χ2n) is 2.93. The van der Waals surface area contributed by atoms with Crippen LogP contribution in [0.2, 0.25) is 0 Å². The van der Waals surface area contributed by atoms with Crippen molar-refractivity contribution in [2.45, 2.75) is 6.92 Å². The molecule has 0 aromatic carbocycles. The van der Waals surface area contributed by atoms with Crippen LogP contribution in [-0.4, -0.2) is 14.5 Å². The van der Waals surface area contributed by atoms with Gasteiger partial charge in [0.1, 0.15) is 5.82 Å². The van der Waals surface area contributed by atoms with Crippen LogP contribution >= 0.6 is 28.1 Å². The molecule has 0 radical (unpaired) electrons. The number of hydrogen-bond acceptors (Lipinski definition) is 2. The molecule has 0 aliphatic carbocycles. The highest BCUT2D eigenvalue weighted by atomic mass is 79.9. The van der Waals surface area contributed by atoms with Crippen LogP contribution in [0.5, 0.6) is 0 Å². The van der Waals surface area contributed by atoms with Crippen LogP contribution in [0.1, 0.15) is 5.56 Å². The number of aromatic nitrogens is 3. The van der Waals surface area contributed by atoms with Gasteiger partial charge in [-0.25, -0.2) is 4.98 Å². The summed E-state index contributed by atoms with van der Waals surface area (Å²) in [6.07, 6.45) is 5.42. The number of pyridine rings is 1. The van der Waals surface area contributed by atoms with E-state index in [4.69, 9.17) is 12.2 Å². The molecule has 0 aliphatic rings. The van der Waals surface area contributed by atoms with Gasteiger partial charge in [0.15, 0.2) is 4.77 Å². The van der Waals surface area contributed by atoms with Gasteiger partial charge in [0.05, 0.1) is 0 Å². The molecule has 0 aliphatic heterocycles. The maximum Gasteiger partial charge on any atom is 0.182 e. The van der Waals surface area contributed by atoms with Crippen LogP contribution in [0.15, 0.2) is 29.1 Å². The largest absolute Gasteiger partial charge is 0.337 e. The van der Waals surface area contributed by atoms with Crippen molar-refractivity contribution in [1.82, 2.24) is 14.5 Å². The van der Waals surface area contributed by atoms with Crippen molar-refractivity contribution in [3.63, 3.8) is 0 Å². The fraction of sp³-hybridized carbons (Fsp3) is 0.111. The quantitative estimate of drug-likeness (QED) is 0.808. The van der Waals surface area contributed by atoms with E-state index in [1.54, 1.807) is 12.4 Å². The van der Waals surface area contributed by atoms with E-state index in [1.807, 2.05) is 23.8 Å². The van der Waals surface area contributed by atoms with Crippen LogP contribution in [0.25, 0.3) is 5.82 Å². The van der Waals surface area contributed by atoms with Gasteiger partial charge < -0.3 is 4.98 Å². The molecule has 72 valence electrons. The molecule has 0 bridgehead atoms. The number of rotatable bonds is 1. The predicted molar refractivity (Wildman–Crippen MR) is 61.2 cm³/mol. The van der Waals surface area contributed by atoms with Crippen LogP contribution < -0.4 is 0 Å². The van der Waals surface area contributed by atoms with Gasteiger partial charge >= 0.3 is 0 Å². The van der Waals surface area contributed by atoms with Gasteiger partial charge in [-0.1, -0.05) is 0 Å². The summed E-state index contributed by atoms with van der Waals surface area (Å²) in [7, 11) is 0. The Labute approximate surface area is 94.9 Å². The fourth-order valence-corrected chi connectivity index (χ4v) is 1.93. The molecular weight excluding hydrogens is 262 g/mol. The average molecular weight is 270 g/mol. The molecule has 0 saturated carbocycles.